The highest BCUT2D eigenvalue weighted by Gasteiger charge is 2.33. The van der Waals surface area contributed by atoms with Crippen molar-refractivity contribution in [1.82, 2.24) is 15.1 Å². The Morgan fingerprint density at radius 2 is 2.20 bits per heavy atom. The lowest BCUT2D eigenvalue weighted by Gasteiger charge is -2.33. The van der Waals surface area contributed by atoms with Gasteiger partial charge in [0.25, 0.3) is 0 Å². The minimum atomic E-state index is -1.04. The Labute approximate surface area is 118 Å². The van der Waals surface area contributed by atoms with E-state index in [-0.39, 0.29) is 31.4 Å². The average Bonchev–Trinajstić information content (AvgIpc) is 2.35. The zero-order valence-corrected chi connectivity index (χ0v) is 11.9. The van der Waals surface area contributed by atoms with E-state index in [0.29, 0.717) is 13.1 Å². The third-order valence-electron chi connectivity index (χ3n) is 3.10. The molecule has 0 aromatic rings. The molecule has 1 unspecified atom stereocenters. The predicted octanol–water partition coefficient (Wildman–Crippen LogP) is -0.704. The van der Waals surface area contributed by atoms with Gasteiger partial charge in [-0.15, -0.1) is 0 Å². The quantitative estimate of drug-likeness (QED) is 0.629. The molecule has 0 aromatic heterocycles. The molecule has 7 nitrogen and oxygen atoms in total. The number of hydrogen-bond acceptors (Lipinski definition) is 4. The molecule has 0 spiro atoms. The number of carboxylic acids is 1. The molecule has 0 saturated carbocycles. The summed E-state index contributed by atoms with van der Waals surface area (Å²) in [6.45, 7) is 8.25. The number of nitrogens with one attached hydrogen (secondary N) is 1. The molecule has 1 rings (SSSR count). The number of aliphatic carboxylic acids is 1. The molecule has 0 aromatic carbocycles. The Morgan fingerprint density at radius 1 is 1.55 bits per heavy atom. The van der Waals surface area contributed by atoms with Gasteiger partial charge in [-0.3, -0.25) is 19.3 Å². The Balaban J connectivity index is 2.71. The van der Waals surface area contributed by atoms with Crippen LogP contribution in [0.5, 0.6) is 0 Å². The van der Waals surface area contributed by atoms with E-state index < -0.39 is 12.0 Å². The van der Waals surface area contributed by atoms with Crippen molar-refractivity contribution < 1.29 is 19.5 Å². The smallest absolute Gasteiger partial charge is 0.322 e. The standard InChI is InChI=1S/C13H21N3O4/c1-4-15(6-9(2)3)12(18)8-16-7-11(17)14-5-10(16)13(19)20/h10H,2,4-8H2,1,3H3,(H,14,17)(H,19,20). The normalized spacial score (nSPS) is 19.3. The van der Waals surface area contributed by atoms with Crippen molar-refractivity contribution in [3.05, 3.63) is 12.2 Å². The van der Waals surface area contributed by atoms with Gasteiger partial charge < -0.3 is 15.3 Å². The molecular weight excluding hydrogens is 262 g/mol. The molecular formula is C13H21N3O4. The molecule has 0 aliphatic carbocycles. The number of likely N-dealkylation sites (N-methyl/N-ethyl adjacent to an activating group) is 1. The van der Waals surface area contributed by atoms with Crippen molar-refractivity contribution in [3.63, 3.8) is 0 Å². The first-order valence-corrected chi connectivity index (χ1v) is 6.50. The van der Waals surface area contributed by atoms with Crippen LogP contribution in [0.15, 0.2) is 12.2 Å². The Kier molecular flexibility index (Phi) is 5.69. The van der Waals surface area contributed by atoms with Gasteiger partial charge in [-0.2, -0.15) is 0 Å². The number of rotatable bonds is 6. The molecule has 1 atom stereocenters. The lowest BCUT2D eigenvalue weighted by atomic mass is 10.2. The number of amides is 2. The van der Waals surface area contributed by atoms with Crippen LogP contribution in [0.1, 0.15) is 13.8 Å². The SMILES string of the molecule is C=C(C)CN(CC)C(=O)CN1CC(=O)NCC1C(=O)O. The van der Waals surface area contributed by atoms with Crippen molar-refractivity contribution in [2.75, 3.05) is 32.7 Å². The summed E-state index contributed by atoms with van der Waals surface area (Å²) < 4.78 is 0. The summed E-state index contributed by atoms with van der Waals surface area (Å²) in [7, 11) is 0. The maximum Gasteiger partial charge on any atom is 0.322 e. The van der Waals surface area contributed by atoms with Gasteiger partial charge in [-0.05, 0) is 13.8 Å². The van der Waals surface area contributed by atoms with Crippen LogP contribution >= 0.6 is 0 Å². The van der Waals surface area contributed by atoms with E-state index in [9.17, 15) is 14.4 Å². The second-order valence-electron chi connectivity index (χ2n) is 4.93. The summed E-state index contributed by atoms with van der Waals surface area (Å²) in [4.78, 5) is 37.6. The predicted molar refractivity (Wildman–Crippen MR) is 73.1 cm³/mol. The van der Waals surface area contributed by atoms with Gasteiger partial charge in [-0.25, -0.2) is 0 Å². The molecule has 1 aliphatic rings. The number of hydrogen-bond donors (Lipinski definition) is 2. The third-order valence-corrected chi connectivity index (χ3v) is 3.10. The van der Waals surface area contributed by atoms with Crippen molar-refractivity contribution in [3.8, 4) is 0 Å². The van der Waals surface area contributed by atoms with E-state index in [1.165, 1.54) is 4.90 Å². The molecule has 7 heteroatoms. The Bertz CT molecular complexity index is 422. The second-order valence-corrected chi connectivity index (χ2v) is 4.93. The van der Waals surface area contributed by atoms with Gasteiger partial charge in [0.1, 0.15) is 6.04 Å². The van der Waals surface area contributed by atoms with Gasteiger partial charge in [0.15, 0.2) is 0 Å². The molecule has 112 valence electrons. The van der Waals surface area contributed by atoms with Gasteiger partial charge >= 0.3 is 5.97 Å². The summed E-state index contributed by atoms with van der Waals surface area (Å²) in [6, 6.07) is -0.861. The first-order valence-electron chi connectivity index (χ1n) is 6.50. The maximum absolute atomic E-state index is 12.2. The van der Waals surface area contributed by atoms with E-state index in [1.807, 2.05) is 13.8 Å². The van der Waals surface area contributed by atoms with Crippen LogP contribution in [-0.4, -0.2) is 71.5 Å². The Hall–Kier alpha value is -1.89. The fourth-order valence-electron chi connectivity index (χ4n) is 2.08. The third kappa shape index (κ3) is 4.34. The molecule has 1 saturated heterocycles. The largest absolute Gasteiger partial charge is 0.480 e. The van der Waals surface area contributed by atoms with E-state index in [0.717, 1.165) is 5.57 Å². The lowest BCUT2D eigenvalue weighted by molar-refractivity contribution is -0.147. The fourth-order valence-corrected chi connectivity index (χ4v) is 2.08. The number of piperazine rings is 1. The molecule has 1 heterocycles. The summed E-state index contributed by atoms with van der Waals surface area (Å²) >= 11 is 0. The van der Waals surface area contributed by atoms with Crippen molar-refractivity contribution in [2.24, 2.45) is 0 Å². The summed E-state index contributed by atoms with van der Waals surface area (Å²) in [5.41, 5.74) is 0.853. The van der Waals surface area contributed by atoms with E-state index in [4.69, 9.17) is 5.11 Å². The van der Waals surface area contributed by atoms with E-state index in [1.54, 1.807) is 4.90 Å². The van der Waals surface area contributed by atoms with Crippen molar-refractivity contribution in [1.29, 1.82) is 0 Å². The highest BCUT2D eigenvalue weighted by atomic mass is 16.4. The van der Waals surface area contributed by atoms with Gasteiger partial charge in [-0.1, -0.05) is 12.2 Å². The van der Waals surface area contributed by atoms with Crippen LogP contribution in [0.4, 0.5) is 0 Å². The topological polar surface area (TPSA) is 90.0 Å². The number of carbonyl (C=O) groups excluding carboxylic acids is 2. The first kappa shape index (κ1) is 16.2. The minimum absolute atomic E-state index is 0.0219. The molecule has 0 radical (unpaired) electrons. The molecule has 2 N–H and O–H groups in total. The summed E-state index contributed by atoms with van der Waals surface area (Å²) in [6.07, 6.45) is 0. The fraction of sp³-hybridized carbons (Fsp3) is 0.615. The Morgan fingerprint density at radius 3 is 2.70 bits per heavy atom. The van der Waals surface area contributed by atoms with Gasteiger partial charge in [0, 0.05) is 19.6 Å². The average molecular weight is 283 g/mol. The monoisotopic (exact) mass is 283 g/mol. The molecule has 2 amide bonds. The molecule has 1 fully saturated rings. The van der Waals surface area contributed by atoms with Gasteiger partial charge in [0.05, 0.1) is 13.1 Å². The van der Waals surface area contributed by atoms with Crippen molar-refractivity contribution in [2.45, 2.75) is 19.9 Å². The summed E-state index contributed by atoms with van der Waals surface area (Å²) in [5.74, 6) is -1.50. The molecule has 20 heavy (non-hydrogen) atoms. The number of carboxylic acid groups (broad SMARTS) is 1. The van der Waals surface area contributed by atoms with Crippen LogP contribution in [0.25, 0.3) is 0 Å². The molecule has 1 aliphatic heterocycles. The van der Waals surface area contributed by atoms with Gasteiger partial charge in [0.2, 0.25) is 11.8 Å². The van der Waals surface area contributed by atoms with Crippen LogP contribution in [-0.2, 0) is 14.4 Å². The zero-order valence-electron chi connectivity index (χ0n) is 11.9. The number of nitrogens with zero attached hydrogens (tertiary/aromatic N) is 2. The molecule has 0 bridgehead atoms. The number of carbonyl (C=O) groups is 3. The highest BCUT2D eigenvalue weighted by molar-refractivity contribution is 5.85. The minimum Gasteiger partial charge on any atom is -0.480 e. The van der Waals surface area contributed by atoms with Crippen molar-refractivity contribution >= 4 is 17.8 Å². The van der Waals surface area contributed by atoms with Crippen LogP contribution in [0, 0.1) is 0 Å². The second kappa shape index (κ2) is 7.04. The van der Waals surface area contributed by atoms with Crippen LogP contribution in [0.3, 0.4) is 0 Å². The van der Waals surface area contributed by atoms with E-state index in [2.05, 4.69) is 11.9 Å². The van der Waals surface area contributed by atoms with Crippen LogP contribution in [0.2, 0.25) is 0 Å². The van der Waals surface area contributed by atoms with Crippen LogP contribution < -0.4 is 5.32 Å². The maximum atomic E-state index is 12.2. The van der Waals surface area contributed by atoms with E-state index >= 15 is 0 Å². The zero-order chi connectivity index (χ0) is 15.3. The first-order chi connectivity index (χ1) is 9.35. The lowest BCUT2D eigenvalue weighted by Crippen LogP contribution is -2.59. The summed E-state index contributed by atoms with van der Waals surface area (Å²) in [5, 5.41) is 11.6. The highest BCUT2D eigenvalue weighted by Crippen LogP contribution is 2.06.